The van der Waals surface area contributed by atoms with Gasteiger partial charge in [-0.3, -0.25) is 0 Å². The van der Waals surface area contributed by atoms with E-state index < -0.39 is 0 Å². The lowest BCUT2D eigenvalue weighted by atomic mass is 10.0. The maximum atomic E-state index is 6.39. The lowest BCUT2D eigenvalue weighted by molar-refractivity contribution is 0.669. The molecule has 10 rings (SSSR count). The van der Waals surface area contributed by atoms with Gasteiger partial charge in [-0.25, -0.2) is 0 Å². The Morgan fingerprint density at radius 1 is 0.388 bits per heavy atom. The van der Waals surface area contributed by atoms with Crippen molar-refractivity contribution in [2.45, 2.75) is 0 Å². The second-order valence-electron chi connectivity index (χ2n) is 12.6. The zero-order valence-electron chi connectivity index (χ0n) is 26.6. The molecule has 0 saturated carbocycles. The van der Waals surface area contributed by atoms with E-state index in [0.717, 1.165) is 44.7 Å². The van der Waals surface area contributed by atoms with E-state index in [4.69, 9.17) is 4.42 Å². The summed E-state index contributed by atoms with van der Waals surface area (Å²) < 4.78 is 8.80. The minimum Gasteiger partial charge on any atom is -0.456 e. The number of hydrogen-bond acceptors (Lipinski definition) is 2. The minimum absolute atomic E-state index is 0.872. The molecule has 0 unspecified atom stereocenters. The number of fused-ring (bicyclic) bond motifs is 8. The molecule has 0 aliphatic carbocycles. The molecule has 0 N–H and O–H groups in total. The molecule has 0 radical (unpaired) electrons. The molecule has 2 aromatic heterocycles. The summed E-state index contributed by atoms with van der Waals surface area (Å²) >= 11 is 0. The van der Waals surface area contributed by atoms with Crippen LogP contribution in [0.4, 0.5) is 17.1 Å². The standard InChI is InChI=1S/C46H30N2O/c1-3-11-31(12-4-1)32-19-23-35(24-20-32)47(37-26-28-40-39-16-8-10-18-44(39)49-45(40)30-37)36-25-21-33-22-27-41-38-15-7-9-17-43(38)48(46(41)42(33)29-36)34-13-5-2-6-14-34/h1-30H. The van der Waals surface area contributed by atoms with Crippen LogP contribution < -0.4 is 4.90 Å². The summed E-state index contributed by atoms with van der Waals surface area (Å²) in [4.78, 5) is 2.34. The van der Waals surface area contributed by atoms with Gasteiger partial charge in [-0.05, 0) is 77.2 Å². The van der Waals surface area contributed by atoms with Gasteiger partial charge in [-0.2, -0.15) is 0 Å². The summed E-state index contributed by atoms with van der Waals surface area (Å²) in [5.41, 5.74) is 10.9. The SMILES string of the molecule is c1ccc(-c2ccc(N(c3ccc4c(c3)oc3ccccc34)c3ccc4ccc5c6ccccc6n(-c6ccccc6)c5c4c3)cc2)cc1. The van der Waals surface area contributed by atoms with Gasteiger partial charge in [0.25, 0.3) is 0 Å². The zero-order chi connectivity index (χ0) is 32.3. The molecule has 0 aliphatic rings. The van der Waals surface area contributed by atoms with Crippen LogP contribution >= 0.6 is 0 Å². The third kappa shape index (κ3) is 4.44. The number of nitrogens with zero attached hydrogens (tertiary/aromatic N) is 2. The minimum atomic E-state index is 0.872. The van der Waals surface area contributed by atoms with Crippen molar-refractivity contribution in [3.8, 4) is 16.8 Å². The molecule has 3 nitrogen and oxygen atoms in total. The van der Waals surface area contributed by atoms with Gasteiger partial charge in [-0.1, -0.05) is 115 Å². The van der Waals surface area contributed by atoms with Gasteiger partial charge in [0.05, 0.1) is 11.0 Å². The van der Waals surface area contributed by atoms with E-state index >= 15 is 0 Å². The zero-order valence-corrected chi connectivity index (χ0v) is 26.6. The Hall–Kier alpha value is -6.58. The van der Waals surface area contributed by atoms with Gasteiger partial charge in [0, 0.05) is 55.7 Å². The summed E-state index contributed by atoms with van der Waals surface area (Å²) in [6.07, 6.45) is 0. The lowest BCUT2D eigenvalue weighted by Gasteiger charge is -2.26. The Morgan fingerprint density at radius 3 is 1.82 bits per heavy atom. The van der Waals surface area contributed by atoms with E-state index in [1.54, 1.807) is 0 Å². The number of aromatic nitrogens is 1. The average molecular weight is 627 g/mol. The van der Waals surface area contributed by atoms with Crippen molar-refractivity contribution in [3.63, 3.8) is 0 Å². The van der Waals surface area contributed by atoms with Gasteiger partial charge in [-0.15, -0.1) is 0 Å². The summed E-state index contributed by atoms with van der Waals surface area (Å²) in [7, 11) is 0. The summed E-state index contributed by atoms with van der Waals surface area (Å²) in [5, 5.41) is 7.13. The van der Waals surface area contributed by atoms with E-state index in [9.17, 15) is 0 Å². The van der Waals surface area contributed by atoms with Crippen LogP contribution in [0.15, 0.2) is 186 Å². The number of hydrogen-bond donors (Lipinski definition) is 0. The van der Waals surface area contributed by atoms with Crippen molar-refractivity contribution >= 4 is 71.6 Å². The maximum absolute atomic E-state index is 6.39. The molecule has 2 heterocycles. The molecule has 0 aliphatic heterocycles. The van der Waals surface area contributed by atoms with Crippen molar-refractivity contribution in [1.29, 1.82) is 0 Å². The van der Waals surface area contributed by atoms with Crippen LogP contribution in [0.25, 0.3) is 71.3 Å². The molecule has 8 aromatic carbocycles. The molecule has 49 heavy (non-hydrogen) atoms. The molecule has 0 amide bonds. The second-order valence-corrected chi connectivity index (χ2v) is 12.6. The molecule has 0 fully saturated rings. The number of furan rings is 1. The molecule has 3 heteroatoms. The van der Waals surface area contributed by atoms with E-state index in [1.165, 1.54) is 43.7 Å². The van der Waals surface area contributed by atoms with Crippen molar-refractivity contribution in [3.05, 3.63) is 182 Å². The number of para-hydroxylation sites is 3. The van der Waals surface area contributed by atoms with Gasteiger partial charge in [0.2, 0.25) is 0 Å². The Bertz CT molecular complexity index is 2810. The maximum Gasteiger partial charge on any atom is 0.137 e. The van der Waals surface area contributed by atoms with E-state index in [0.29, 0.717) is 0 Å². The first-order valence-electron chi connectivity index (χ1n) is 16.7. The second kappa shape index (κ2) is 11.0. The van der Waals surface area contributed by atoms with E-state index in [-0.39, 0.29) is 0 Å². The van der Waals surface area contributed by atoms with Gasteiger partial charge < -0.3 is 13.9 Å². The predicted octanol–water partition coefficient (Wildman–Crippen LogP) is 13.0. The topological polar surface area (TPSA) is 21.3 Å². The largest absolute Gasteiger partial charge is 0.456 e. The summed E-state index contributed by atoms with van der Waals surface area (Å²) in [6.45, 7) is 0. The molecular weight excluding hydrogens is 597 g/mol. The highest BCUT2D eigenvalue weighted by atomic mass is 16.3. The Labute approximate surface area is 283 Å². The molecule has 0 atom stereocenters. The number of benzene rings is 8. The van der Waals surface area contributed by atoms with E-state index in [2.05, 4.69) is 179 Å². The molecule has 0 spiro atoms. The summed E-state index contributed by atoms with van der Waals surface area (Å²) in [6, 6.07) is 65.0. The normalized spacial score (nSPS) is 11.7. The first-order valence-corrected chi connectivity index (χ1v) is 16.7. The van der Waals surface area contributed by atoms with Gasteiger partial charge in [0.15, 0.2) is 0 Å². The van der Waals surface area contributed by atoms with Crippen molar-refractivity contribution in [2.75, 3.05) is 4.90 Å². The third-order valence-corrected chi connectivity index (χ3v) is 9.76. The highest BCUT2D eigenvalue weighted by molar-refractivity contribution is 6.19. The quantitative estimate of drug-likeness (QED) is 0.190. The highest BCUT2D eigenvalue weighted by Crippen LogP contribution is 2.42. The first-order chi connectivity index (χ1) is 24.3. The van der Waals surface area contributed by atoms with Crippen LogP contribution in [-0.4, -0.2) is 4.57 Å². The fourth-order valence-electron chi connectivity index (χ4n) is 7.49. The molecular formula is C46H30N2O. The van der Waals surface area contributed by atoms with Crippen molar-refractivity contribution < 1.29 is 4.42 Å². The fraction of sp³-hybridized carbons (Fsp3) is 0. The Kier molecular flexibility index (Phi) is 6.18. The predicted molar refractivity (Wildman–Crippen MR) is 206 cm³/mol. The molecule has 10 aromatic rings. The molecule has 230 valence electrons. The monoisotopic (exact) mass is 626 g/mol. The van der Waals surface area contributed by atoms with E-state index in [1.807, 2.05) is 12.1 Å². The number of rotatable bonds is 5. The Balaban J connectivity index is 1.22. The number of anilines is 3. The van der Waals surface area contributed by atoms with Gasteiger partial charge in [0.1, 0.15) is 11.2 Å². The highest BCUT2D eigenvalue weighted by Gasteiger charge is 2.19. The van der Waals surface area contributed by atoms with Crippen LogP contribution in [0.3, 0.4) is 0 Å². The van der Waals surface area contributed by atoms with Gasteiger partial charge >= 0.3 is 0 Å². The van der Waals surface area contributed by atoms with Crippen molar-refractivity contribution in [2.24, 2.45) is 0 Å². The molecule has 0 bridgehead atoms. The lowest BCUT2D eigenvalue weighted by Crippen LogP contribution is -2.10. The van der Waals surface area contributed by atoms with Crippen LogP contribution in [0, 0.1) is 0 Å². The Morgan fingerprint density at radius 2 is 0.980 bits per heavy atom. The molecule has 0 saturated heterocycles. The van der Waals surface area contributed by atoms with Crippen LogP contribution in [-0.2, 0) is 0 Å². The first kappa shape index (κ1) is 27.5. The third-order valence-electron chi connectivity index (χ3n) is 9.76. The van der Waals surface area contributed by atoms with Crippen LogP contribution in [0.1, 0.15) is 0 Å². The summed E-state index contributed by atoms with van der Waals surface area (Å²) in [5.74, 6) is 0. The smallest absolute Gasteiger partial charge is 0.137 e. The van der Waals surface area contributed by atoms with Crippen LogP contribution in [0.5, 0.6) is 0 Å². The van der Waals surface area contributed by atoms with Crippen LogP contribution in [0.2, 0.25) is 0 Å². The van der Waals surface area contributed by atoms with Crippen molar-refractivity contribution in [1.82, 2.24) is 4.57 Å². The average Bonchev–Trinajstić information content (AvgIpc) is 3.72. The fourth-order valence-corrected chi connectivity index (χ4v) is 7.49.